The third-order valence-electron chi connectivity index (χ3n) is 2.74. The summed E-state index contributed by atoms with van der Waals surface area (Å²) in [5.41, 5.74) is 5.67. The van der Waals surface area contributed by atoms with E-state index >= 15 is 0 Å². The standard InChI is InChI=1S/C11H23N3O/c1-8(2)6-14-7-9(3)5-13-11(15)10(14)4-12/h8-10H,4-7,12H2,1-3H3,(H,13,15). The molecule has 0 aromatic heterocycles. The van der Waals surface area contributed by atoms with E-state index in [1.807, 2.05) is 0 Å². The number of carbonyl (C=O) groups is 1. The highest BCUT2D eigenvalue weighted by Crippen LogP contribution is 2.11. The number of carbonyl (C=O) groups excluding carboxylic acids is 1. The fourth-order valence-corrected chi connectivity index (χ4v) is 2.08. The molecule has 0 bridgehead atoms. The quantitative estimate of drug-likeness (QED) is 0.696. The van der Waals surface area contributed by atoms with Crippen LogP contribution in [0.5, 0.6) is 0 Å². The van der Waals surface area contributed by atoms with Gasteiger partial charge in [-0.3, -0.25) is 9.69 Å². The van der Waals surface area contributed by atoms with Crippen LogP contribution < -0.4 is 11.1 Å². The van der Waals surface area contributed by atoms with Gasteiger partial charge in [0.05, 0.1) is 0 Å². The Labute approximate surface area is 92.2 Å². The molecular weight excluding hydrogens is 190 g/mol. The van der Waals surface area contributed by atoms with Crippen molar-refractivity contribution in [3.63, 3.8) is 0 Å². The lowest BCUT2D eigenvalue weighted by atomic mass is 10.1. The molecule has 4 nitrogen and oxygen atoms in total. The Hall–Kier alpha value is -0.610. The van der Waals surface area contributed by atoms with Crippen molar-refractivity contribution in [3.8, 4) is 0 Å². The Kier molecular flexibility index (Phi) is 4.54. The van der Waals surface area contributed by atoms with Gasteiger partial charge in [-0.2, -0.15) is 0 Å². The van der Waals surface area contributed by atoms with E-state index in [4.69, 9.17) is 5.73 Å². The Morgan fingerprint density at radius 1 is 1.60 bits per heavy atom. The predicted molar refractivity (Wildman–Crippen MR) is 61.4 cm³/mol. The zero-order chi connectivity index (χ0) is 11.4. The fraction of sp³-hybridized carbons (Fsp3) is 0.909. The summed E-state index contributed by atoms with van der Waals surface area (Å²) in [6.07, 6.45) is 0. The topological polar surface area (TPSA) is 58.4 Å². The largest absolute Gasteiger partial charge is 0.354 e. The summed E-state index contributed by atoms with van der Waals surface area (Å²) in [7, 11) is 0. The lowest BCUT2D eigenvalue weighted by Crippen LogP contribution is -2.49. The molecule has 0 spiro atoms. The van der Waals surface area contributed by atoms with Crippen LogP contribution in [0, 0.1) is 11.8 Å². The smallest absolute Gasteiger partial charge is 0.238 e. The summed E-state index contributed by atoms with van der Waals surface area (Å²) < 4.78 is 0. The minimum absolute atomic E-state index is 0.0856. The number of rotatable bonds is 3. The van der Waals surface area contributed by atoms with Gasteiger partial charge >= 0.3 is 0 Å². The Morgan fingerprint density at radius 3 is 2.80 bits per heavy atom. The number of nitrogens with zero attached hydrogens (tertiary/aromatic N) is 1. The van der Waals surface area contributed by atoms with Crippen molar-refractivity contribution in [2.45, 2.75) is 26.8 Å². The molecular formula is C11H23N3O. The second-order valence-corrected chi connectivity index (χ2v) is 4.95. The summed E-state index contributed by atoms with van der Waals surface area (Å²) >= 11 is 0. The lowest BCUT2D eigenvalue weighted by molar-refractivity contribution is -0.125. The molecule has 2 unspecified atom stereocenters. The molecule has 0 saturated carbocycles. The maximum Gasteiger partial charge on any atom is 0.238 e. The van der Waals surface area contributed by atoms with Crippen molar-refractivity contribution in [1.82, 2.24) is 10.2 Å². The van der Waals surface area contributed by atoms with Crippen LogP contribution in [0.15, 0.2) is 0 Å². The highest BCUT2D eigenvalue weighted by atomic mass is 16.2. The average Bonchev–Trinajstić information content (AvgIpc) is 2.25. The van der Waals surface area contributed by atoms with Gasteiger partial charge in [0.1, 0.15) is 6.04 Å². The van der Waals surface area contributed by atoms with Crippen LogP contribution in [0.3, 0.4) is 0 Å². The SMILES string of the molecule is CC(C)CN1CC(C)CNC(=O)C1CN. The fourth-order valence-electron chi connectivity index (χ4n) is 2.08. The second kappa shape index (κ2) is 5.47. The lowest BCUT2D eigenvalue weighted by Gasteiger charge is -2.29. The number of hydrogen-bond donors (Lipinski definition) is 2. The van der Waals surface area contributed by atoms with Gasteiger partial charge in [-0.25, -0.2) is 0 Å². The maximum atomic E-state index is 11.8. The number of nitrogens with one attached hydrogen (secondary N) is 1. The molecule has 88 valence electrons. The third kappa shape index (κ3) is 3.47. The van der Waals surface area contributed by atoms with Crippen molar-refractivity contribution in [2.24, 2.45) is 17.6 Å². The van der Waals surface area contributed by atoms with Crippen LogP contribution in [0.25, 0.3) is 0 Å². The van der Waals surface area contributed by atoms with Crippen LogP contribution in [0.4, 0.5) is 0 Å². The zero-order valence-corrected chi connectivity index (χ0v) is 9.99. The molecule has 1 aliphatic rings. The molecule has 2 atom stereocenters. The summed E-state index contributed by atoms with van der Waals surface area (Å²) in [5.74, 6) is 1.16. The molecule has 1 rings (SSSR count). The summed E-state index contributed by atoms with van der Waals surface area (Å²) in [6, 6.07) is -0.141. The van der Waals surface area contributed by atoms with Gasteiger partial charge in [-0.1, -0.05) is 20.8 Å². The molecule has 4 heteroatoms. The van der Waals surface area contributed by atoms with E-state index < -0.39 is 0 Å². The van der Waals surface area contributed by atoms with E-state index in [9.17, 15) is 4.79 Å². The summed E-state index contributed by atoms with van der Waals surface area (Å²) in [4.78, 5) is 14.0. The van der Waals surface area contributed by atoms with Gasteiger partial charge in [0.15, 0.2) is 0 Å². The highest BCUT2D eigenvalue weighted by Gasteiger charge is 2.29. The molecule has 1 fully saturated rings. The van der Waals surface area contributed by atoms with Crippen LogP contribution in [0.2, 0.25) is 0 Å². The first-order chi connectivity index (χ1) is 7.04. The van der Waals surface area contributed by atoms with E-state index in [0.29, 0.717) is 18.4 Å². The molecule has 3 N–H and O–H groups in total. The van der Waals surface area contributed by atoms with Gasteiger partial charge in [0.2, 0.25) is 5.91 Å². The molecule has 1 heterocycles. The third-order valence-corrected chi connectivity index (χ3v) is 2.74. The predicted octanol–water partition coefficient (Wildman–Crippen LogP) is 0.0376. The molecule has 1 aliphatic heterocycles. The summed E-state index contributed by atoms with van der Waals surface area (Å²) in [5, 5.41) is 2.94. The van der Waals surface area contributed by atoms with Crippen molar-refractivity contribution in [2.75, 3.05) is 26.2 Å². The molecule has 0 aromatic carbocycles. The van der Waals surface area contributed by atoms with Crippen molar-refractivity contribution < 1.29 is 4.79 Å². The Balaban J connectivity index is 2.71. The van der Waals surface area contributed by atoms with E-state index in [2.05, 4.69) is 31.0 Å². The van der Waals surface area contributed by atoms with Crippen LogP contribution in [-0.2, 0) is 4.79 Å². The highest BCUT2D eigenvalue weighted by molar-refractivity contribution is 5.82. The van der Waals surface area contributed by atoms with E-state index in [0.717, 1.165) is 19.6 Å². The minimum Gasteiger partial charge on any atom is -0.354 e. The summed E-state index contributed by atoms with van der Waals surface area (Å²) in [6.45, 7) is 9.57. The van der Waals surface area contributed by atoms with Crippen LogP contribution in [0.1, 0.15) is 20.8 Å². The zero-order valence-electron chi connectivity index (χ0n) is 9.99. The number of nitrogens with two attached hydrogens (primary N) is 1. The number of hydrogen-bond acceptors (Lipinski definition) is 3. The van der Waals surface area contributed by atoms with Crippen molar-refractivity contribution >= 4 is 5.91 Å². The first-order valence-corrected chi connectivity index (χ1v) is 5.76. The monoisotopic (exact) mass is 213 g/mol. The van der Waals surface area contributed by atoms with Gasteiger partial charge in [0.25, 0.3) is 0 Å². The Bertz CT molecular complexity index is 218. The molecule has 1 saturated heterocycles. The van der Waals surface area contributed by atoms with Gasteiger partial charge in [-0.15, -0.1) is 0 Å². The van der Waals surface area contributed by atoms with E-state index in [-0.39, 0.29) is 11.9 Å². The van der Waals surface area contributed by atoms with E-state index in [1.165, 1.54) is 0 Å². The molecule has 0 aliphatic carbocycles. The molecule has 1 amide bonds. The minimum atomic E-state index is -0.141. The number of amides is 1. The van der Waals surface area contributed by atoms with Crippen molar-refractivity contribution in [3.05, 3.63) is 0 Å². The first-order valence-electron chi connectivity index (χ1n) is 5.76. The normalized spacial score (nSPS) is 29.0. The average molecular weight is 213 g/mol. The molecule has 0 aromatic rings. The second-order valence-electron chi connectivity index (χ2n) is 4.95. The van der Waals surface area contributed by atoms with Crippen LogP contribution >= 0.6 is 0 Å². The molecule has 15 heavy (non-hydrogen) atoms. The van der Waals surface area contributed by atoms with Gasteiger partial charge in [-0.05, 0) is 11.8 Å². The maximum absolute atomic E-state index is 11.8. The Morgan fingerprint density at radius 2 is 2.27 bits per heavy atom. The van der Waals surface area contributed by atoms with Crippen molar-refractivity contribution in [1.29, 1.82) is 0 Å². The molecule has 0 radical (unpaired) electrons. The van der Waals surface area contributed by atoms with E-state index in [1.54, 1.807) is 0 Å². The first kappa shape index (κ1) is 12.5. The van der Waals surface area contributed by atoms with Gasteiger partial charge in [0, 0.05) is 26.2 Å². The van der Waals surface area contributed by atoms with Crippen LogP contribution in [-0.4, -0.2) is 43.0 Å². The van der Waals surface area contributed by atoms with Gasteiger partial charge < -0.3 is 11.1 Å².